The lowest BCUT2D eigenvalue weighted by Gasteiger charge is -2.08. The molecule has 1 aromatic carbocycles. The quantitative estimate of drug-likeness (QED) is 0.569. The van der Waals surface area contributed by atoms with E-state index in [9.17, 15) is 4.79 Å². The molecule has 3 N–H and O–H groups in total. The average Bonchev–Trinajstić information content (AvgIpc) is 2.38. The number of amides is 1. The van der Waals surface area contributed by atoms with Crippen LogP contribution in [-0.4, -0.2) is 30.2 Å². The third-order valence-electron chi connectivity index (χ3n) is 2.65. The lowest BCUT2D eigenvalue weighted by molar-refractivity contribution is 0.0757. The van der Waals surface area contributed by atoms with Gasteiger partial charge in [-0.2, -0.15) is 0 Å². The van der Waals surface area contributed by atoms with Gasteiger partial charge in [0.2, 0.25) is 0 Å². The Kier molecular flexibility index (Phi) is 7.18. The van der Waals surface area contributed by atoms with Crippen molar-refractivity contribution in [3.63, 3.8) is 0 Å². The molecule has 0 bridgehead atoms. The van der Waals surface area contributed by atoms with Crippen molar-refractivity contribution in [2.75, 3.05) is 13.2 Å². The molecule has 0 saturated carbocycles. The van der Waals surface area contributed by atoms with Crippen LogP contribution in [0.15, 0.2) is 24.3 Å². The van der Waals surface area contributed by atoms with Crippen LogP contribution in [0.4, 0.5) is 0 Å². The summed E-state index contributed by atoms with van der Waals surface area (Å²) in [4.78, 5) is 12.3. The molecule has 1 amide bonds. The lowest BCUT2D eigenvalue weighted by atomic mass is 10.1. The van der Waals surface area contributed by atoms with Gasteiger partial charge in [-0.25, -0.2) is 0 Å². The smallest absolute Gasteiger partial charge is 0.251 e. The summed E-state index contributed by atoms with van der Waals surface area (Å²) < 4.78 is 5.41. The number of ether oxygens (including phenoxy) is 1. The van der Waals surface area contributed by atoms with Crippen molar-refractivity contribution in [1.82, 2.24) is 5.32 Å². The zero-order valence-corrected chi connectivity index (χ0v) is 12.8. The van der Waals surface area contributed by atoms with Crippen molar-refractivity contribution < 1.29 is 9.53 Å². The molecule has 0 atom stereocenters. The van der Waals surface area contributed by atoms with E-state index in [1.807, 2.05) is 26.0 Å². The molecule has 110 valence electrons. The first-order valence-corrected chi connectivity index (χ1v) is 7.17. The van der Waals surface area contributed by atoms with Crippen LogP contribution < -0.4 is 11.1 Å². The number of rotatable bonds is 8. The van der Waals surface area contributed by atoms with Crippen LogP contribution in [0, 0.1) is 0 Å². The van der Waals surface area contributed by atoms with Crippen LogP contribution in [0.1, 0.15) is 36.2 Å². The number of nitrogens with two attached hydrogens (primary N) is 1. The van der Waals surface area contributed by atoms with Crippen LogP contribution in [0.2, 0.25) is 0 Å². The zero-order chi connectivity index (χ0) is 15.0. The number of nitrogens with one attached hydrogen (secondary N) is 1. The van der Waals surface area contributed by atoms with Gasteiger partial charge >= 0.3 is 0 Å². The van der Waals surface area contributed by atoms with E-state index < -0.39 is 0 Å². The van der Waals surface area contributed by atoms with E-state index in [2.05, 4.69) is 5.32 Å². The summed E-state index contributed by atoms with van der Waals surface area (Å²) in [6.45, 7) is 5.26. The Hall–Kier alpha value is -1.46. The highest BCUT2D eigenvalue weighted by atomic mass is 32.1. The molecule has 5 heteroatoms. The molecule has 0 fully saturated rings. The van der Waals surface area contributed by atoms with Crippen molar-refractivity contribution in [3.8, 4) is 0 Å². The predicted molar refractivity (Wildman–Crippen MR) is 85.0 cm³/mol. The first-order valence-electron chi connectivity index (χ1n) is 6.76. The molecule has 0 radical (unpaired) electrons. The molecule has 20 heavy (non-hydrogen) atoms. The second-order valence-corrected chi connectivity index (χ2v) is 5.39. The van der Waals surface area contributed by atoms with Gasteiger partial charge in [-0.1, -0.05) is 24.4 Å². The molecule has 0 saturated heterocycles. The molecule has 0 aromatic heterocycles. The monoisotopic (exact) mass is 294 g/mol. The van der Waals surface area contributed by atoms with Crippen LogP contribution in [0.3, 0.4) is 0 Å². The number of carbonyl (C=O) groups is 1. The van der Waals surface area contributed by atoms with E-state index in [0.717, 1.165) is 12.0 Å². The summed E-state index contributed by atoms with van der Waals surface area (Å²) in [7, 11) is 0. The minimum atomic E-state index is -0.0728. The fourth-order valence-corrected chi connectivity index (χ4v) is 1.84. The highest BCUT2D eigenvalue weighted by Gasteiger charge is 2.05. The Balaban J connectivity index is 2.34. The zero-order valence-electron chi connectivity index (χ0n) is 12.0. The molecule has 0 aliphatic rings. The van der Waals surface area contributed by atoms with E-state index in [0.29, 0.717) is 30.1 Å². The molecule has 1 aromatic rings. The maximum absolute atomic E-state index is 11.9. The standard InChI is InChI=1S/C15H22N2O2S/c1-11(2)19-9-3-8-17-15(18)13-6-4-12(5-7-13)10-14(16)20/h4-7,11H,3,8-10H2,1-2H3,(H2,16,20)(H,17,18). The Morgan fingerprint density at radius 2 is 2.00 bits per heavy atom. The van der Waals surface area contributed by atoms with E-state index in [1.54, 1.807) is 12.1 Å². The van der Waals surface area contributed by atoms with Crippen LogP contribution >= 0.6 is 12.2 Å². The summed E-state index contributed by atoms with van der Waals surface area (Å²) in [5, 5.41) is 2.86. The van der Waals surface area contributed by atoms with Crippen LogP contribution in [-0.2, 0) is 11.2 Å². The van der Waals surface area contributed by atoms with Crippen molar-refractivity contribution in [2.24, 2.45) is 5.73 Å². The van der Waals surface area contributed by atoms with Gasteiger partial charge < -0.3 is 15.8 Å². The van der Waals surface area contributed by atoms with Crippen LogP contribution in [0.5, 0.6) is 0 Å². The molecular weight excluding hydrogens is 272 g/mol. The first kappa shape index (κ1) is 16.6. The molecule has 1 rings (SSSR count). The van der Waals surface area contributed by atoms with Crippen molar-refractivity contribution in [2.45, 2.75) is 32.8 Å². The van der Waals surface area contributed by atoms with Crippen molar-refractivity contribution in [3.05, 3.63) is 35.4 Å². The maximum Gasteiger partial charge on any atom is 0.251 e. The SMILES string of the molecule is CC(C)OCCCNC(=O)c1ccc(CC(N)=S)cc1. The number of hydrogen-bond donors (Lipinski definition) is 2. The maximum atomic E-state index is 11.9. The summed E-state index contributed by atoms with van der Waals surface area (Å²) in [6, 6.07) is 7.31. The second kappa shape index (κ2) is 8.66. The summed E-state index contributed by atoms with van der Waals surface area (Å²) in [6.07, 6.45) is 1.60. The molecule has 0 spiro atoms. The van der Waals surface area contributed by atoms with Gasteiger partial charge in [0.15, 0.2) is 0 Å². The third-order valence-corrected chi connectivity index (χ3v) is 2.80. The lowest BCUT2D eigenvalue weighted by Crippen LogP contribution is -2.25. The highest BCUT2D eigenvalue weighted by molar-refractivity contribution is 7.80. The Labute approximate surface area is 125 Å². The minimum Gasteiger partial charge on any atom is -0.393 e. The van der Waals surface area contributed by atoms with Crippen molar-refractivity contribution in [1.29, 1.82) is 0 Å². The first-order chi connectivity index (χ1) is 9.49. The summed E-state index contributed by atoms with van der Waals surface area (Å²) >= 11 is 4.85. The fourth-order valence-electron chi connectivity index (χ4n) is 1.67. The molecule has 4 nitrogen and oxygen atoms in total. The Morgan fingerprint density at radius 3 is 2.55 bits per heavy atom. The molecule has 0 aliphatic carbocycles. The van der Waals surface area contributed by atoms with Crippen molar-refractivity contribution >= 4 is 23.1 Å². The number of benzene rings is 1. The predicted octanol–water partition coefficient (Wildman–Crippen LogP) is 2.06. The van der Waals surface area contributed by atoms with Gasteiger partial charge in [-0.3, -0.25) is 4.79 Å². The van der Waals surface area contributed by atoms with Crippen LogP contribution in [0.25, 0.3) is 0 Å². The minimum absolute atomic E-state index is 0.0728. The normalized spacial score (nSPS) is 10.6. The third kappa shape index (κ3) is 6.63. The van der Waals surface area contributed by atoms with Gasteiger partial charge in [0.25, 0.3) is 5.91 Å². The van der Waals surface area contributed by atoms with Gasteiger partial charge in [0, 0.05) is 25.1 Å². The number of thiocarbonyl (C=S) groups is 1. The van der Waals surface area contributed by atoms with E-state index in [1.165, 1.54) is 0 Å². The van der Waals surface area contributed by atoms with E-state index >= 15 is 0 Å². The Morgan fingerprint density at radius 1 is 1.35 bits per heavy atom. The Bertz CT molecular complexity index is 444. The van der Waals surface area contributed by atoms with Gasteiger partial charge in [0.1, 0.15) is 0 Å². The van der Waals surface area contributed by atoms with Gasteiger partial charge in [-0.05, 0) is 38.0 Å². The fraction of sp³-hybridized carbons (Fsp3) is 0.467. The average molecular weight is 294 g/mol. The van der Waals surface area contributed by atoms with Gasteiger partial charge in [-0.15, -0.1) is 0 Å². The summed E-state index contributed by atoms with van der Waals surface area (Å²) in [5.41, 5.74) is 7.13. The largest absolute Gasteiger partial charge is 0.393 e. The number of carbonyl (C=O) groups excluding carboxylic acids is 1. The van der Waals surface area contributed by atoms with Gasteiger partial charge in [0.05, 0.1) is 11.1 Å². The molecule has 0 unspecified atom stereocenters. The highest BCUT2D eigenvalue weighted by Crippen LogP contribution is 2.05. The topological polar surface area (TPSA) is 64.3 Å². The van der Waals surface area contributed by atoms with E-state index in [-0.39, 0.29) is 12.0 Å². The second-order valence-electron chi connectivity index (χ2n) is 4.87. The van der Waals surface area contributed by atoms with E-state index in [4.69, 9.17) is 22.7 Å². The molecular formula is C15H22N2O2S. The summed E-state index contributed by atoms with van der Waals surface area (Å²) in [5.74, 6) is -0.0728. The number of hydrogen-bond acceptors (Lipinski definition) is 3. The molecule has 0 heterocycles. The molecule has 0 aliphatic heterocycles.